The third-order valence-electron chi connectivity index (χ3n) is 7.77. The number of halogens is 6. The molecule has 5 aromatic carbocycles. The third-order valence-corrected chi connectivity index (χ3v) is 7.77. The first-order valence-electron chi connectivity index (χ1n) is 13.3. The van der Waals surface area contributed by atoms with E-state index in [0.29, 0.717) is 5.56 Å². The molecule has 10 heteroatoms. The van der Waals surface area contributed by atoms with Crippen LogP contribution in [0.1, 0.15) is 31.8 Å². The van der Waals surface area contributed by atoms with Crippen molar-refractivity contribution >= 4 is 39.3 Å². The zero-order valence-electron chi connectivity index (χ0n) is 22.4. The number of para-hydroxylation sites is 2. The van der Waals surface area contributed by atoms with E-state index in [1.807, 2.05) is 30.3 Å². The molecule has 0 saturated carbocycles. The van der Waals surface area contributed by atoms with Gasteiger partial charge in [0.05, 0.1) is 44.7 Å². The molecule has 1 aliphatic rings. The highest BCUT2D eigenvalue weighted by Crippen LogP contribution is 2.46. The van der Waals surface area contributed by atoms with Crippen LogP contribution < -0.4 is 4.90 Å². The van der Waals surface area contributed by atoms with E-state index in [9.17, 15) is 35.9 Å². The van der Waals surface area contributed by atoms with Gasteiger partial charge in [0.25, 0.3) is 11.8 Å². The van der Waals surface area contributed by atoms with Crippen LogP contribution in [0, 0.1) is 0 Å². The van der Waals surface area contributed by atoms with E-state index in [1.54, 1.807) is 18.2 Å². The molecule has 218 valence electrons. The molecule has 0 unspecified atom stereocenters. The van der Waals surface area contributed by atoms with Gasteiger partial charge in [-0.15, -0.1) is 0 Å². The van der Waals surface area contributed by atoms with Crippen LogP contribution in [0.15, 0.2) is 109 Å². The molecule has 0 atom stereocenters. The Hall–Kier alpha value is -5.38. The monoisotopic (exact) mass is 600 g/mol. The normalized spacial score (nSPS) is 13.7. The maximum absolute atomic E-state index is 14.4. The lowest BCUT2D eigenvalue weighted by Gasteiger charge is -2.18. The first kappa shape index (κ1) is 27.5. The predicted molar refractivity (Wildman–Crippen MR) is 154 cm³/mol. The topological polar surface area (TPSA) is 42.3 Å². The molecule has 0 bridgehead atoms. The Balaban J connectivity index is 1.52. The molecule has 0 spiro atoms. The van der Waals surface area contributed by atoms with Gasteiger partial charge in [0.1, 0.15) is 0 Å². The summed E-state index contributed by atoms with van der Waals surface area (Å²) in [6, 6.07) is 26.1. The van der Waals surface area contributed by atoms with Crippen molar-refractivity contribution < 1.29 is 35.9 Å². The van der Waals surface area contributed by atoms with Gasteiger partial charge < -0.3 is 4.57 Å². The Morgan fingerprint density at radius 3 is 1.66 bits per heavy atom. The number of benzene rings is 5. The van der Waals surface area contributed by atoms with E-state index in [0.717, 1.165) is 39.3 Å². The van der Waals surface area contributed by atoms with Gasteiger partial charge in [-0.1, -0.05) is 72.8 Å². The van der Waals surface area contributed by atoms with Crippen LogP contribution in [-0.4, -0.2) is 16.4 Å². The van der Waals surface area contributed by atoms with Crippen molar-refractivity contribution in [3.63, 3.8) is 0 Å². The van der Waals surface area contributed by atoms with Crippen LogP contribution >= 0.6 is 0 Å². The van der Waals surface area contributed by atoms with Gasteiger partial charge in [-0.2, -0.15) is 26.3 Å². The van der Waals surface area contributed by atoms with Crippen LogP contribution in [0.2, 0.25) is 0 Å². The molecule has 6 aromatic rings. The van der Waals surface area contributed by atoms with Crippen LogP contribution in [0.4, 0.5) is 32.0 Å². The van der Waals surface area contributed by atoms with Crippen molar-refractivity contribution in [2.24, 2.45) is 0 Å². The summed E-state index contributed by atoms with van der Waals surface area (Å²) in [4.78, 5) is 28.6. The highest BCUT2D eigenvalue weighted by molar-refractivity contribution is 6.36. The summed E-state index contributed by atoms with van der Waals surface area (Å²) in [6.45, 7) is 0. The molecule has 2 heterocycles. The Kier molecular flexibility index (Phi) is 5.97. The molecule has 4 nitrogen and oxygen atoms in total. The highest BCUT2D eigenvalue weighted by atomic mass is 19.4. The number of carbonyl (C=O) groups excluding carboxylic acids is 2. The Morgan fingerprint density at radius 1 is 0.523 bits per heavy atom. The van der Waals surface area contributed by atoms with Crippen LogP contribution in [-0.2, 0) is 12.4 Å². The summed E-state index contributed by atoms with van der Waals surface area (Å²) in [5.74, 6) is -1.61. The number of anilines is 1. The lowest BCUT2D eigenvalue weighted by molar-refractivity contribution is -0.136. The number of imide groups is 1. The van der Waals surface area contributed by atoms with Crippen LogP contribution in [0.3, 0.4) is 0 Å². The highest BCUT2D eigenvalue weighted by Gasteiger charge is 2.42. The second-order valence-corrected chi connectivity index (χ2v) is 10.3. The maximum atomic E-state index is 14.4. The zero-order valence-corrected chi connectivity index (χ0v) is 22.4. The van der Waals surface area contributed by atoms with E-state index >= 15 is 0 Å². The fraction of sp³-hybridized carbons (Fsp3) is 0.0588. The maximum Gasteiger partial charge on any atom is 0.418 e. The van der Waals surface area contributed by atoms with E-state index < -0.39 is 46.3 Å². The number of hydrogen-bond donors (Lipinski definition) is 0. The van der Waals surface area contributed by atoms with E-state index in [1.165, 1.54) is 36.4 Å². The molecule has 0 N–H and O–H groups in total. The predicted octanol–water partition coefficient (Wildman–Crippen LogP) is 9.29. The third kappa shape index (κ3) is 4.09. The number of hydrogen-bond acceptors (Lipinski definition) is 2. The minimum Gasteiger partial charge on any atom is -0.307 e. The molecule has 44 heavy (non-hydrogen) atoms. The smallest absolute Gasteiger partial charge is 0.307 e. The lowest BCUT2D eigenvalue weighted by atomic mass is 10.0. The molecule has 0 saturated heterocycles. The molecular weight excluding hydrogens is 582 g/mol. The lowest BCUT2D eigenvalue weighted by Crippen LogP contribution is -2.29. The molecule has 2 amide bonds. The van der Waals surface area contributed by atoms with Crippen LogP contribution in [0.5, 0.6) is 0 Å². The SMILES string of the molecule is O=C1c2cccc(-n3c4c(C(F)(F)F)cccc4c4cccc(C(F)(F)F)c43)c2C(=O)N1c1cccc(-c2ccccc2)c1. The first-order chi connectivity index (χ1) is 21.0. The summed E-state index contributed by atoms with van der Waals surface area (Å²) in [6.07, 6.45) is -9.88. The van der Waals surface area contributed by atoms with Gasteiger partial charge in [0.2, 0.25) is 0 Å². The van der Waals surface area contributed by atoms with Gasteiger partial charge >= 0.3 is 12.4 Å². The molecule has 0 fully saturated rings. The summed E-state index contributed by atoms with van der Waals surface area (Å²) in [5.41, 5.74) is -2.44. The fourth-order valence-corrected chi connectivity index (χ4v) is 5.96. The number of nitrogens with zero attached hydrogens (tertiary/aromatic N) is 2. The van der Waals surface area contributed by atoms with Crippen molar-refractivity contribution in [2.75, 3.05) is 4.90 Å². The average Bonchev–Trinajstić information content (AvgIpc) is 3.47. The van der Waals surface area contributed by atoms with Crippen molar-refractivity contribution in [1.82, 2.24) is 4.57 Å². The molecular formula is C34H18F6N2O2. The zero-order chi connectivity index (χ0) is 31.0. The Bertz CT molecular complexity index is 2070. The number of amides is 2. The summed E-state index contributed by atoms with van der Waals surface area (Å²) < 4.78 is 87.1. The standard InChI is InChI=1S/C34H18F6N2O2/c35-33(36,37)25-15-5-12-22-23-13-6-16-26(34(38,39)40)30(23)42(29(22)25)27-17-7-14-24-28(27)32(44)41(31(24)43)21-11-4-10-20(18-21)19-8-2-1-3-9-19/h1-18H. The number of fused-ring (bicyclic) bond motifs is 4. The van der Waals surface area contributed by atoms with Crippen molar-refractivity contribution in [3.8, 4) is 16.8 Å². The number of rotatable bonds is 3. The Labute approximate surface area is 245 Å². The van der Waals surface area contributed by atoms with Crippen LogP contribution in [0.25, 0.3) is 38.6 Å². The van der Waals surface area contributed by atoms with Crippen molar-refractivity contribution in [2.45, 2.75) is 12.4 Å². The summed E-state index contributed by atoms with van der Waals surface area (Å²) in [5, 5.41) is -0.162. The molecule has 1 aromatic heterocycles. The van der Waals surface area contributed by atoms with E-state index in [2.05, 4.69) is 0 Å². The van der Waals surface area contributed by atoms with E-state index in [4.69, 9.17) is 0 Å². The largest absolute Gasteiger partial charge is 0.418 e. The second kappa shape index (κ2) is 9.57. The van der Waals surface area contributed by atoms with Crippen molar-refractivity contribution in [1.29, 1.82) is 0 Å². The number of carbonyl (C=O) groups is 2. The minimum absolute atomic E-state index is 0.0808. The summed E-state index contributed by atoms with van der Waals surface area (Å²) >= 11 is 0. The first-order valence-corrected chi connectivity index (χ1v) is 13.3. The van der Waals surface area contributed by atoms with Gasteiger partial charge in [0.15, 0.2) is 0 Å². The molecule has 0 aliphatic carbocycles. The number of alkyl halides is 6. The average molecular weight is 601 g/mol. The number of aromatic nitrogens is 1. The second-order valence-electron chi connectivity index (χ2n) is 10.3. The van der Waals surface area contributed by atoms with Gasteiger partial charge in [-0.05, 0) is 47.5 Å². The fourth-order valence-electron chi connectivity index (χ4n) is 5.96. The molecule has 1 aliphatic heterocycles. The molecule has 0 radical (unpaired) electrons. The van der Waals surface area contributed by atoms with Gasteiger partial charge in [-0.25, -0.2) is 4.90 Å². The van der Waals surface area contributed by atoms with Crippen molar-refractivity contribution in [3.05, 3.63) is 131 Å². The van der Waals surface area contributed by atoms with E-state index in [-0.39, 0.29) is 33.3 Å². The minimum atomic E-state index is -4.94. The molecule has 7 rings (SSSR count). The Morgan fingerprint density at radius 2 is 1.07 bits per heavy atom. The quantitative estimate of drug-likeness (QED) is 0.150. The summed E-state index contributed by atoms with van der Waals surface area (Å²) in [7, 11) is 0. The van der Waals surface area contributed by atoms with Gasteiger partial charge in [-0.3, -0.25) is 9.59 Å². The van der Waals surface area contributed by atoms with Gasteiger partial charge in [0, 0.05) is 10.8 Å².